The lowest BCUT2D eigenvalue weighted by atomic mass is 9.80. The molecule has 0 aliphatic carbocycles. The second kappa shape index (κ2) is 13.5. The molecule has 0 bridgehead atoms. The molecule has 0 saturated carbocycles. The van der Waals surface area contributed by atoms with Crippen LogP contribution < -0.4 is 18.9 Å². The molecule has 2 fully saturated rings. The largest absolute Gasteiger partial charge is 0.493 e. The molecule has 0 N–H and O–H groups in total. The SMILES string of the molecule is COc1cc2c(cc1OC)C1CC(=O)C(CCCCCCC3CN4CCc5cc(OC)c(OC)cc5C4CC3=O)CN1CC2. The van der Waals surface area contributed by atoms with Crippen molar-refractivity contribution < 1.29 is 28.5 Å². The quantitative estimate of drug-likeness (QED) is 0.301. The summed E-state index contributed by atoms with van der Waals surface area (Å²) in [5.41, 5.74) is 4.98. The first kappa shape index (κ1) is 30.9. The van der Waals surface area contributed by atoms with Crippen molar-refractivity contribution in [3.63, 3.8) is 0 Å². The van der Waals surface area contributed by atoms with Crippen molar-refractivity contribution in [2.24, 2.45) is 11.8 Å². The molecule has 0 spiro atoms. The Hall–Kier alpha value is -3.10. The first-order chi connectivity index (χ1) is 21.4. The molecule has 4 aliphatic heterocycles. The maximum absolute atomic E-state index is 13.2. The number of hydrogen-bond acceptors (Lipinski definition) is 8. The summed E-state index contributed by atoms with van der Waals surface area (Å²) in [6.45, 7) is 3.67. The Morgan fingerprint density at radius 1 is 0.591 bits per heavy atom. The third kappa shape index (κ3) is 6.08. The van der Waals surface area contributed by atoms with Crippen molar-refractivity contribution in [3.05, 3.63) is 46.5 Å². The Bertz CT molecular complexity index is 1270. The molecule has 238 valence electrons. The Morgan fingerprint density at radius 3 is 1.36 bits per heavy atom. The smallest absolute Gasteiger partial charge is 0.161 e. The van der Waals surface area contributed by atoms with Gasteiger partial charge in [0.2, 0.25) is 0 Å². The fourth-order valence-electron chi connectivity index (χ4n) is 8.20. The normalized spacial score (nSPS) is 25.0. The molecule has 4 heterocycles. The summed E-state index contributed by atoms with van der Waals surface area (Å²) in [4.78, 5) is 31.5. The molecule has 2 aromatic rings. The van der Waals surface area contributed by atoms with E-state index in [0.717, 1.165) is 101 Å². The zero-order valence-corrected chi connectivity index (χ0v) is 26.9. The van der Waals surface area contributed by atoms with Crippen molar-refractivity contribution in [1.82, 2.24) is 9.80 Å². The molecule has 8 nitrogen and oxygen atoms in total. The van der Waals surface area contributed by atoms with Crippen LogP contribution in [0.15, 0.2) is 24.3 Å². The second-order valence-electron chi connectivity index (χ2n) is 13.1. The highest BCUT2D eigenvalue weighted by Crippen LogP contribution is 2.44. The number of unbranched alkanes of at least 4 members (excludes halogenated alkanes) is 3. The summed E-state index contributed by atoms with van der Waals surface area (Å²) in [5.74, 6) is 4.05. The zero-order chi connectivity index (χ0) is 30.8. The van der Waals surface area contributed by atoms with Gasteiger partial charge in [0, 0.05) is 62.9 Å². The lowest BCUT2D eigenvalue weighted by Crippen LogP contribution is -2.46. The zero-order valence-electron chi connectivity index (χ0n) is 26.9. The summed E-state index contributed by atoms with van der Waals surface area (Å²) >= 11 is 0. The number of fused-ring (bicyclic) bond motifs is 6. The maximum Gasteiger partial charge on any atom is 0.161 e. The number of carbonyl (C=O) groups is 2. The number of ether oxygens (including phenoxy) is 4. The van der Waals surface area contributed by atoms with E-state index in [9.17, 15) is 9.59 Å². The van der Waals surface area contributed by atoms with E-state index in [1.165, 1.54) is 22.3 Å². The van der Waals surface area contributed by atoms with E-state index in [2.05, 4.69) is 34.1 Å². The van der Waals surface area contributed by atoms with Crippen LogP contribution in [0.4, 0.5) is 0 Å². The highest BCUT2D eigenvalue weighted by Gasteiger charge is 2.39. The Kier molecular flexibility index (Phi) is 9.48. The van der Waals surface area contributed by atoms with Crippen molar-refractivity contribution >= 4 is 11.6 Å². The average Bonchev–Trinajstić information content (AvgIpc) is 3.05. The number of piperidine rings is 2. The van der Waals surface area contributed by atoms with E-state index in [0.29, 0.717) is 24.4 Å². The molecular weight excluding hydrogens is 556 g/mol. The highest BCUT2D eigenvalue weighted by atomic mass is 16.5. The van der Waals surface area contributed by atoms with Crippen LogP contribution in [0.25, 0.3) is 0 Å². The molecule has 8 heteroatoms. The van der Waals surface area contributed by atoms with Crippen LogP contribution >= 0.6 is 0 Å². The number of rotatable bonds is 11. The first-order valence-electron chi connectivity index (χ1n) is 16.5. The lowest BCUT2D eigenvalue weighted by molar-refractivity contribution is -0.130. The molecule has 0 radical (unpaired) electrons. The van der Waals surface area contributed by atoms with Crippen LogP contribution in [0.1, 0.15) is 85.7 Å². The van der Waals surface area contributed by atoms with Gasteiger partial charge in [-0.15, -0.1) is 0 Å². The van der Waals surface area contributed by atoms with Gasteiger partial charge in [-0.25, -0.2) is 0 Å². The first-order valence-corrected chi connectivity index (χ1v) is 16.5. The summed E-state index contributed by atoms with van der Waals surface area (Å²) < 4.78 is 22.1. The van der Waals surface area contributed by atoms with E-state index in [4.69, 9.17) is 18.9 Å². The Labute approximate surface area is 262 Å². The van der Waals surface area contributed by atoms with Gasteiger partial charge in [0.1, 0.15) is 11.6 Å². The van der Waals surface area contributed by atoms with Gasteiger partial charge in [-0.2, -0.15) is 0 Å². The fourth-order valence-corrected chi connectivity index (χ4v) is 8.20. The van der Waals surface area contributed by atoms with Gasteiger partial charge in [0.25, 0.3) is 0 Å². The third-order valence-corrected chi connectivity index (χ3v) is 10.7. The number of Topliss-reactive ketones (excluding diaryl/α,β-unsaturated/α-hetero) is 2. The minimum Gasteiger partial charge on any atom is -0.493 e. The van der Waals surface area contributed by atoms with Crippen LogP contribution in [0.5, 0.6) is 23.0 Å². The molecular formula is C36H48N2O6. The van der Waals surface area contributed by atoms with Gasteiger partial charge >= 0.3 is 0 Å². The number of benzene rings is 2. The molecule has 4 atom stereocenters. The van der Waals surface area contributed by atoms with Gasteiger partial charge in [0.15, 0.2) is 23.0 Å². The van der Waals surface area contributed by atoms with Crippen molar-refractivity contribution in [2.45, 2.75) is 76.3 Å². The van der Waals surface area contributed by atoms with E-state index < -0.39 is 0 Å². The maximum atomic E-state index is 13.2. The number of hydrogen-bond donors (Lipinski definition) is 0. The van der Waals surface area contributed by atoms with Crippen molar-refractivity contribution in [1.29, 1.82) is 0 Å². The van der Waals surface area contributed by atoms with Crippen molar-refractivity contribution in [3.8, 4) is 23.0 Å². The standard InChI is InChI=1S/C36H48N2O6/c1-41-33-15-23-11-13-37-21-25(31(39)19-29(37)27(23)17-35(33)43-3)9-7-5-6-8-10-26-22-38-14-12-24-16-34(42-2)36(44-4)18-28(24)30(38)20-32(26)40/h15-18,25-26,29-30H,5-14,19-22H2,1-4H3. The second-order valence-corrected chi connectivity index (χ2v) is 13.1. The molecule has 4 unspecified atom stereocenters. The van der Waals surface area contributed by atoms with Gasteiger partial charge < -0.3 is 18.9 Å². The minimum absolute atomic E-state index is 0.130. The van der Waals surface area contributed by atoms with E-state index in [-0.39, 0.29) is 23.9 Å². The van der Waals surface area contributed by atoms with Crippen molar-refractivity contribution in [2.75, 3.05) is 54.6 Å². The van der Waals surface area contributed by atoms with Crippen LogP contribution in [-0.2, 0) is 22.4 Å². The van der Waals surface area contributed by atoms with Crippen LogP contribution in [0.2, 0.25) is 0 Å². The number of methoxy groups -OCH3 is 4. The minimum atomic E-state index is 0.130. The summed E-state index contributed by atoms with van der Waals surface area (Å²) in [7, 11) is 6.67. The lowest BCUT2D eigenvalue weighted by Gasteiger charge is -2.43. The molecule has 2 saturated heterocycles. The molecule has 4 aliphatic rings. The third-order valence-electron chi connectivity index (χ3n) is 10.7. The van der Waals surface area contributed by atoms with E-state index >= 15 is 0 Å². The number of nitrogens with zero attached hydrogens (tertiary/aromatic N) is 2. The van der Waals surface area contributed by atoms with E-state index in [1.54, 1.807) is 28.4 Å². The Balaban J connectivity index is 0.946. The summed E-state index contributed by atoms with van der Waals surface area (Å²) in [6, 6.07) is 8.62. The van der Waals surface area contributed by atoms with Gasteiger partial charge in [-0.05, 0) is 72.2 Å². The molecule has 2 aromatic carbocycles. The van der Waals surface area contributed by atoms with Gasteiger partial charge in [-0.1, -0.05) is 25.7 Å². The molecule has 0 amide bonds. The van der Waals surface area contributed by atoms with Crippen LogP contribution in [-0.4, -0.2) is 76.0 Å². The summed E-state index contributed by atoms with van der Waals surface area (Å²) in [6.07, 6.45) is 9.43. The predicted octanol–water partition coefficient (Wildman–Crippen LogP) is 5.74. The fraction of sp³-hybridized carbons (Fsp3) is 0.611. The van der Waals surface area contributed by atoms with E-state index in [1.807, 2.05) is 0 Å². The van der Waals surface area contributed by atoms with Gasteiger partial charge in [-0.3, -0.25) is 19.4 Å². The predicted molar refractivity (Wildman–Crippen MR) is 169 cm³/mol. The highest BCUT2D eigenvalue weighted by molar-refractivity contribution is 5.83. The Morgan fingerprint density at radius 2 is 0.977 bits per heavy atom. The number of carbonyl (C=O) groups excluding carboxylic acids is 2. The molecule has 44 heavy (non-hydrogen) atoms. The molecule has 0 aromatic heterocycles. The van der Waals surface area contributed by atoms with Gasteiger partial charge in [0.05, 0.1) is 28.4 Å². The van der Waals surface area contributed by atoms with Crippen LogP contribution in [0, 0.1) is 11.8 Å². The topological polar surface area (TPSA) is 77.5 Å². The average molecular weight is 605 g/mol. The monoisotopic (exact) mass is 604 g/mol. The number of ketones is 2. The van der Waals surface area contributed by atoms with Crippen LogP contribution in [0.3, 0.4) is 0 Å². The molecule has 6 rings (SSSR count). The summed E-state index contributed by atoms with van der Waals surface area (Å²) in [5, 5.41) is 0.